The molecule has 0 unspecified atom stereocenters. The number of nitrogen functional groups attached to an aromatic ring is 1. The maximum absolute atomic E-state index is 15.8. The minimum Gasteiger partial charge on any atom is -0.383 e. The molecule has 6 nitrogen and oxygen atoms in total. The maximum Gasteiger partial charge on any atom is 0.159 e. The third-order valence-corrected chi connectivity index (χ3v) is 6.12. The van der Waals surface area contributed by atoms with Gasteiger partial charge < -0.3 is 10.3 Å². The van der Waals surface area contributed by atoms with Crippen LogP contribution in [0.1, 0.15) is 25.3 Å². The Morgan fingerprint density at radius 3 is 2.58 bits per heavy atom. The molecule has 0 spiro atoms. The number of rotatable bonds is 3. The molecule has 7 heteroatoms. The van der Waals surface area contributed by atoms with Crippen molar-refractivity contribution in [1.29, 1.82) is 0 Å². The molecule has 3 aromatic heterocycles. The van der Waals surface area contributed by atoms with Crippen LogP contribution in [0, 0.1) is 5.82 Å². The topological polar surface area (TPSA) is 82.5 Å². The van der Waals surface area contributed by atoms with Crippen molar-refractivity contribution in [2.45, 2.75) is 25.3 Å². The second-order valence-corrected chi connectivity index (χ2v) is 7.92. The number of aromatic nitrogens is 5. The molecule has 0 atom stereocenters. The van der Waals surface area contributed by atoms with Gasteiger partial charge in [-0.15, -0.1) is 0 Å². The van der Waals surface area contributed by atoms with E-state index >= 15 is 4.39 Å². The molecule has 1 saturated carbocycles. The fourth-order valence-electron chi connectivity index (χ4n) is 4.25. The van der Waals surface area contributed by atoms with Crippen LogP contribution in [-0.4, -0.2) is 24.5 Å². The molecular formula is C24H19FN6. The van der Waals surface area contributed by atoms with Crippen LogP contribution < -0.4 is 5.73 Å². The Bertz CT molecular complexity index is 1440. The van der Waals surface area contributed by atoms with Crippen molar-refractivity contribution in [3.05, 3.63) is 67.0 Å². The van der Waals surface area contributed by atoms with Crippen LogP contribution in [-0.2, 0) is 0 Å². The summed E-state index contributed by atoms with van der Waals surface area (Å²) in [6.45, 7) is 0. The van der Waals surface area contributed by atoms with Crippen molar-refractivity contribution in [2.75, 3.05) is 5.73 Å². The van der Waals surface area contributed by atoms with E-state index < -0.39 is 5.82 Å². The zero-order valence-corrected chi connectivity index (χ0v) is 16.7. The highest BCUT2D eigenvalue weighted by atomic mass is 19.1. The molecule has 2 N–H and O–H groups in total. The summed E-state index contributed by atoms with van der Waals surface area (Å²) in [6.07, 6.45) is 8.44. The van der Waals surface area contributed by atoms with Crippen LogP contribution in [0.5, 0.6) is 0 Å². The number of benzene rings is 2. The number of nitrogens with zero attached hydrogens (tertiary/aromatic N) is 5. The smallest absolute Gasteiger partial charge is 0.159 e. The number of nitrogens with two attached hydrogens (primary N) is 1. The van der Waals surface area contributed by atoms with Gasteiger partial charge in [0, 0.05) is 40.5 Å². The maximum atomic E-state index is 15.8. The van der Waals surface area contributed by atoms with Gasteiger partial charge >= 0.3 is 0 Å². The number of hydrogen-bond donors (Lipinski definition) is 1. The monoisotopic (exact) mass is 410 g/mol. The Morgan fingerprint density at radius 2 is 1.81 bits per heavy atom. The van der Waals surface area contributed by atoms with Crippen molar-refractivity contribution in [1.82, 2.24) is 24.5 Å². The summed E-state index contributed by atoms with van der Waals surface area (Å²) in [7, 11) is 0. The number of halogens is 1. The van der Waals surface area contributed by atoms with E-state index in [2.05, 4.69) is 24.5 Å². The van der Waals surface area contributed by atoms with Gasteiger partial charge in [-0.05, 0) is 19.3 Å². The van der Waals surface area contributed by atoms with E-state index in [4.69, 9.17) is 5.73 Å². The average Bonchev–Trinajstić information content (AvgIpc) is 3.13. The van der Waals surface area contributed by atoms with Crippen molar-refractivity contribution >= 4 is 27.8 Å². The van der Waals surface area contributed by atoms with Crippen molar-refractivity contribution < 1.29 is 4.39 Å². The molecule has 0 bridgehead atoms. The molecule has 31 heavy (non-hydrogen) atoms. The van der Waals surface area contributed by atoms with Gasteiger partial charge in [0.05, 0.1) is 5.39 Å². The second kappa shape index (κ2) is 6.84. The molecule has 2 aromatic carbocycles. The lowest BCUT2D eigenvalue weighted by Gasteiger charge is -2.27. The molecule has 0 saturated heterocycles. The predicted molar refractivity (Wildman–Crippen MR) is 119 cm³/mol. The summed E-state index contributed by atoms with van der Waals surface area (Å²) in [5.74, 6) is 0.446. The van der Waals surface area contributed by atoms with E-state index in [-0.39, 0.29) is 5.52 Å². The highest BCUT2D eigenvalue weighted by molar-refractivity contribution is 6.02. The van der Waals surface area contributed by atoms with Gasteiger partial charge in [0.2, 0.25) is 0 Å². The first-order chi connectivity index (χ1) is 15.2. The lowest BCUT2D eigenvalue weighted by molar-refractivity contribution is 0.320. The highest BCUT2D eigenvalue weighted by Gasteiger charge is 2.26. The highest BCUT2D eigenvalue weighted by Crippen LogP contribution is 2.41. The standard InChI is InChI=1S/C24H19FN6/c25-20-17(10-9-15-11-27-23(30-21(15)20)14-5-2-1-3-6-14)18-12-31(16-7-4-8-16)24-19(18)22(26)28-13-29-24/h1-3,5-6,9-13,16H,4,7-8H2,(H2,26,28,29). The van der Waals surface area contributed by atoms with Gasteiger partial charge in [0.15, 0.2) is 11.6 Å². The van der Waals surface area contributed by atoms with E-state index in [1.807, 2.05) is 42.6 Å². The molecule has 0 aliphatic heterocycles. The Kier molecular flexibility index (Phi) is 3.96. The zero-order chi connectivity index (χ0) is 20.9. The fourth-order valence-corrected chi connectivity index (χ4v) is 4.25. The summed E-state index contributed by atoms with van der Waals surface area (Å²) in [5, 5.41) is 1.33. The van der Waals surface area contributed by atoms with Gasteiger partial charge in [-0.25, -0.2) is 24.3 Å². The first-order valence-electron chi connectivity index (χ1n) is 10.3. The van der Waals surface area contributed by atoms with Gasteiger partial charge in [-0.2, -0.15) is 0 Å². The Balaban J connectivity index is 1.58. The lowest BCUT2D eigenvalue weighted by Crippen LogP contribution is -2.16. The molecule has 1 aliphatic rings. The minimum atomic E-state index is -0.395. The van der Waals surface area contributed by atoms with Crippen LogP contribution in [0.3, 0.4) is 0 Å². The van der Waals surface area contributed by atoms with Crippen LogP contribution in [0.15, 0.2) is 61.2 Å². The van der Waals surface area contributed by atoms with Crippen LogP contribution >= 0.6 is 0 Å². The first kappa shape index (κ1) is 17.9. The SMILES string of the molecule is Nc1ncnc2c1c(-c1ccc3cnc(-c4ccccc4)nc3c1F)cn2C1CCC1. The normalized spacial score (nSPS) is 14.2. The van der Waals surface area contributed by atoms with E-state index in [0.29, 0.717) is 39.6 Å². The van der Waals surface area contributed by atoms with Crippen molar-refractivity contribution in [2.24, 2.45) is 0 Å². The third-order valence-electron chi connectivity index (χ3n) is 6.12. The van der Waals surface area contributed by atoms with E-state index in [1.165, 1.54) is 12.7 Å². The lowest BCUT2D eigenvalue weighted by atomic mass is 9.93. The molecular weight excluding hydrogens is 391 g/mol. The largest absolute Gasteiger partial charge is 0.383 e. The Hall–Kier alpha value is -3.87. The first-order valence-corrected chi connectivity index (χ1v) is 10.3. The molecule has 152 valence electrons. The summed E-state index contributed by atoms with van der Waals surface area (Å²) in [5.41, 5.74) is 9.23. The van der Waals surface area contributed by atoms with Crippen LogP contribution in [0.4, 0.5) is 10.2 Å². The van der Waals surface area contributed by atoms with Gasteiger partial charge in [-0.1, -0.05) is 42.5 Å². The summed E-state index contributed by atoms with van der Waals surface area (Å²) in [6, 6.07) is 13.5. The summed E-state index contributed by atoms with van der Waals surface area (Å²) < 4.78 is 18.0. The van der Waals surface area contributed by atoms with Crippen LogP contribution in [0.25, 0.3) is 44.5 Å². The number of fused-ring (bicyclic) bond motifs is 2. The Labute approximate surface area is 177 Å². The molecule has 1 aliphatic carbocycles. The van der Waals surface area contributed by atoms with Gasteiger partial charge in [-0.3, -0.25) is 0 Å². The zero-order valence-electron chi connectivity index (χ0n) is 16.7. The molecule has 3 heterocycles. The Morgan fingerprint density at radius 1 is 0.968 bits per heavy atom. The minimum absolute atomic E-state index is 0.284. The van der Waals surface area contributed by atoms with E-state index in [1.54, 1.807) is 12.3 Å². The molecule has 1 fully saturated rings. The molecule has 0 amide bonds. The fraction of sp³-hybridized carbons (Fsp3) is 0.167. The number of hydrogen-bond acceptors (Lipinski definition) is 5. The van der Waals surface area contributed by atoms with Gasteiger partial charge in [0.1, 0.15) is 23.3 Å². The van der Waals surface area contributed by atoms with Gasteiger partial charge in [0.25, 0.3) is 0 Å². The predicted octanol–water partition coefficient (Wildman–Crippen LogP) is 5.15. The van der Waals surface area contributed by atoms with E-state index in [9.17, 15) is 0 Å². The third kappa shape index (κ3) is 2.77. The van der Waals surface area contributed by atoms with Crippen molar-refractivity contribution in [3.63, 3.8) is 0 Å². The average molecular weight is 410 g/mol. The molecule has 0 radical (unpaired) electrons. The number of anilines is 1. The van der Waals surface area contributed by atoms with E-state index in [0.717, 1.165) is 24.1 Å². The van der Waals surface area contributed by atoms with Crippen molar-refractivity contribution in [3.8, 4) is 22.5 Å². The molecule has 5 aromatic rings. The summed E-state index contributed by atoms with van der Waals surface area (Å²) in [4.78, 5) is 17.6. The molecule has 6 rings (SSSR count). The van der Waals surface area contributed by atoms with Crippen LogP contribution in [0.2, 0.25) is 0 Å². The summed E-state index contributed by atoms with van der Waals surface area (Å²) >= 11 is 0. The second-order valence-electron chi connectivity index (χ2n) is 7.92. The quantitative estimate of drug-likeness (QED) is 0.444.